The van der Waals surface area contributed by atoms with Crippen molar-refractivity contribution in [1.29, 1.82) is 0 Å². The topological polar surface area (TPSA) is 59.0 Å². The summed E-state index contributed by atoms with van der Waals surface area (Å²) < 4.78 is 14.4. The number of halogens is 2. The van der Waals surface area contributed by atoms with E-state index in [0.717, 1.165) is 11.1 Å². The number of amides is 1. The molecule has 5 nitrogen and oxygen atoms in total. The molecule has 21 heavy (non-hydrogen) atoms. The molecule has 114 valence electrons. The number of likely N-dealkylation sites (N-methyl/N-ethyl adjacent to an activating group) is 1. The quantitative estimate of drug-likeness (QED) is 0.881. The van der Waals surface area contributed by atoms with Crippen LogP contribution in [0.25, 0.3) is 0 Å². The molecule has 0 bridgehead atoms. The number of carbonyl (C=O) groups is 1. The molecule has 0 fully saturated rings. The van der Waals surface area contributed by atoms with E-state index in [0.29, 0.717) is 6.54 Å². The molecule has 0 aliphatic rings. The standard InChI is InChI=1S/C14H17FN4O.ClH/c1-16-13(11-8-18-19(2)9-11)14(20)17-7-10-3-5-12(15)6-4-10;/h3-6,8-9,13,16H,7H2,1-2H3,(H,17,20);1H. The smallest absolute Gasteiger partial charge is 0.242 e. The Kier molecular flexibility index (Phi) is 6.33. The van der Waals surface area contributed by atoms with E-state index in [-0.39, 0.29) is 24.1 Å². The first-order valence-electron chi connectivity index (χ1n) is 6.28. The zero-order valence-electron chi connectivity index (χ0n) is 11.8. The first-order chi connectivity index (χ1) is 9.60. The predicted molar refractivity (Wildman–Crippen MR) is 80.5 cm³/mol. The van der Waals surface area contributed by atoms with Crippen LogP contribution in [0.4, 0.5) is 4.39 Å². The minimum atomic E-state index is -0.454. The Hall–Kier alpha value is -1.92. The summed E-state index contributed by atoms with van der Waals surface area (Å²) in [7, 11) is 3.52. The molecular weight excluding hydrogens is 295 g/mol. The Morgan fingerprint density at radius 3 is 2.57 bits per heavy atom. The third-order valence-electron chi connectivity index (χ3n) is 2.99. The van der Waals surface area contributed by atoms with Gasteiger partial charge in [-0.05, 0) is 24.7 Å². The largest absolute Gasteiger partial charge is 0.350 e. The van der Waals surface area contributed by atoms with E-state index in [1.54, 1.807) is 43.3 Å². The maximum absolute atomic E-state index is 12.8. The van der Waals surface area contributed by atoms with Gasteiger partial charge in [-0.25, -0.2) is 4.39 Å². The second-order valence-corrected chi connectivity index (χ2v) is 4.51. The molecule has 1 aromatic carbocycles. The fourth-order valence-electron chi connectivity index (χ4n) is 1.93. The lowest BCUT2D eigenvalue weighted by Gasteiger charge is -2.14. The molecule has 0 aliphatic carbocycles. The van der Waals surface area contributed by atoms with Gasteiger partial charge in [-0.15, -0.1) is 12.4 Å². The molecule has 1 heterocycles. The molecule has 0 saturated carbocycles. The van der Waals surface area contributed by atoms with Gasteiger partial charge in [0.25, 0.3) is 0 Å². The molecule has 0 spiro atoms. The van der Waals surface area contributed by atoms with E-state index < -0.39 is 6.04 Å². The van der Waals surface area contributed by atoms with Crippen LogP contribution < -0.4 is 10.6 Å². The van der Waals surface area contributed by atoms with E-state index in [4.69, 9.17) is 0 Å². The van der Waals surface area contributed by atoms with Crippen molar-refractivity contribution in [3.63, 3.8) is 0 Å². The van der Waals surface area contributed by atoms with Crippen molar-refractivity contribution >= 4 is 18.3 Å². The van der Waals surface area contributed by atoms with Gasteiger partial charge in [0, 0.05) is 25.4 Å². The van der Waals surface area contributed by atoms with Gasteiger partial charge in [-0.1, -0.05) is 12.1 Å². The highest BCUT2D eigenvalue weighted by Gasteiger charge is 2.19. The summed E-state index contributed by atoms with van der Waals surface area (Å²) in [4.78, 5) is 12.1. The average molecular weight is 313 g/mol. The molecular formula is C14H18ClFN4O. The maximum Gasteiger partial charge on any atom is 0.242 e. The lowest BCUT2D eigenvalue weighted by Crippen LogP contribution is -2.35. The molecule has 1 atom stereocenters. The van der Waals surface area contributed by atoms with Crippen LogP contribution in [0.2, 0.25) is 0 Å². The number of nitrogens with zero attached hydrogens (tertiary/aromatic N) is 2. The van der Waals surface area contributed by atoms with Crippen molar-refractivity contribution in [3.8, 4) is 0 Å². The number of aromatic nitrogens is 2. The third kappa shape index (κ3) is 4.54. The number of rotatable bonds is 5. The van der Waals surface area contributed by atoms with E-state index in [1.165, 1.54) is 12.1 Å². The highest BCUT2D eigenvalue weighted by molar-refractivity contribution is 5.85. The van der Waals surface area contributed by atoms with E-state index in [2.05, 4.69) is 15.7 Å². The predicted octanol–water partition coefficient (Wildman–Crippen LogP) is 1.56. The van der Waals surface area contributed by atoms with Crippen LogP contribution in [0.3, 0.4) is 0 Å². The fourth-order valence-corrected chi connectivity index (χ4v) is 1.93. The Labute approximate surface area is 129 Å². The van der Waals surface area contributed by atoms with Crippen molar-refractivity contribution in [1.82, 2.24) is 20.4 Å². The van der Waals surface area contributed by atoms with Gasteiger partial charge < -0.3 is 10.6 Å². The summed E-state index contributed by atoms with van der Waals surface area (Å²) in [5.74, 6) is -0.437. The molecule has 0 aliphatic heterocycles. The Bertz CT molecular complexity index is 585. The van der Waals surface area contributed by atoms with Crippen LogP contribution in [0, 0.1) is 5.82 Å². The second-order valence-electron chi connectivity index (χ2n) is 4.51. The van der Waals surface area contributed by atoms with Gasteiger partial charge in [0.15, 0.2) is 0 Å². The number of hydrogen-bond acceptors (Lipinski definition) is 3. The number of benzene rings is 1. The van der Waals surface area contributed by atoms with E-state index in [1.807, 2.05) is 0 Å². The molecule has 2 N–H and O–H groups in total. The van der Waals surface area contributed by atoms with Gasteiger partial charge >= 0.3 is 0 Å². The third-order valence-corrected chi connectivity index (χ3v) is 2.99. The average Bonchev–Trinajstić information content (AvgIpc) is 2.85. The highest BCUT2D eigenvalue weighted by atomic mass is 35.5. The van der Waals surface area contributed by atoms with Gasteiger partial charge in [0.1, 0.15) is 11.9 Å². The van der Waals surface area contributed by atoms with Gasteiger partial charge in [0.05, 0.1) is 6.20 Å². The van der Waals surface area contributed by atoms with Crippen LogP contribution in [-0.2, 0) is 18.4 Å². The summed E-state index contributed by atoms with van der Waals surface area (Å²) >= 11 is 0. The fraction of sp³-hybridized carbons (Fsp3) is 0.286. The second kappa shape index (κ2) is 7.75. The molecule has 7 heteroatoms. The zero-order chi connectivity index (χ0) is 14.5. The Balaban J connectivity index is 0.00000220. The molecule has 2 aromatic rings. The summed E-state index contributed by atoms with van der Waals surface area (Å²) in [6, 6.07) is 5.59. The van der Waals surface area contributed by atoms with Crippen molar-refractivity contribution in [2.45, 2.75) is 12.6 Å². The van der Waals surface area contributed by atoms with Gasteiger partial charge in [-0.3, -0.25) is 9.48 Å². The van der Waals surface area contributed by atoms with Crippen LogP contribution in [0.15, 0.2) is 36.7 Å². The minimum absolute atomic E-state index is 0. The van der Waals surface area contributed by atoms with Crippen molar-refractivity contribution < 1.29 is 9.18 Å². The SMILES string of the molecule is CNC(C(=O)NCc1ccc(F)cc1)c1cnn(C)c1.Cl. The minimum Gasteiger partial charge on any atom is -0.350 e. The van der Waals surface area contributed by atoms with Gasteiger partial charge in [0.2, 0.25) is 5.91 Å². The monoisotopic (exact) mass is 312 g/mol. The normalized spacial score (nSPS) is 11.6. The number of carbonyl (C=O) groups excluding carboxylic acids is 1. The molecule has 2 rings (SSSR count). The summed E-state index contributed by atoms with van der Waals surface area (Å²) in [6.07, 6.45) is 3.44. The molecule has 1 aromatic heterocycles. The van der Waals surface area contributed by atoms with Crippen LogP contribution in [-0.4, -0.2) is 22.7 Å². The van der Waals surface area contributed by atoms with Crippen molar-refractivity contribution in [2.75, 3.05) is 7.05 Å². The van der Waals surface area contributed by atoms with Crippen LogP contribution in [0.5, 0.6) is 0 Å². The number of aryl methyl sites for hydroxylation is 1. The summed E-state index contributed by atoms with van der Waals surface area (Å²) in [5.41, 5.74) is 1.65. The number of nitrogens with one attached hydrogen (secondary N) is 2. The summed E-state index contributed by atoms with van der Waals surface area (Å²) in [6.45, 7) is 0.359. The van der Waals surface area contributed by atoms with E-state index >= 15 is 0 Å². The molecule has 1 amide bonds. The first-order valence-corrected chi connectivity index (χ1v) is 6.28. The van der Waals surface area contributed by atoms with Gasteiger partial charge in [-0.2, -0.15) is 5.10 Å². The Morgan fingerprint density at radius 2 is 2.05 bits per heavy atom. The van der Waals surface area contributed by atoms with Crippen molar-refractivity contribution in [3.05, 3.63) is 53.6 Å². The first kappa shape index (κ1) is 17.1. The van der Waals surface area contributed by atoms with Crippen LogP contribution in [0.1, 0.15) is 17.2 Å². The maximum atomic E-state index is 12.8. The lowest BCUT2D eigenvalue weighted by atomic mass is 10.1. The molecule has 0 radical (unpaired) electrons. The van der Waals surface area contributed by atoms with E-state index in [9.17, 15) is 9.18 Å². The lowest BCUT2D eigenvalue weighted by molar-refractivity contribution is -0.123. The highest BCUT2D eigenvalue weighted by Crippen LogP contribution is 2.11. The zero-order valence-corrected chi connectivity index (χ0v) is 12.7. The molecule has 0 saturated heterocycles. The van der Waals surface area contributed by atoms with Crippen molar-refractivity contribution in [2.24, 2.45) is 7.05 Å². The Morgan fingerprint density at radius 1 is 1.38 bits per heavy atom. The molecule has 1 unspecified atom stereocenters. The summed E-state index contributed by atoms with van der Waals surface area (Å²) in [5, 5.41) is 9.82. The number of hydrogen-bond donors (Lipinski definition) is 2. The van der Waals surface area contributed by atoms with Crippen LogP contribution >= 0.6 is 12.4 Å².